The Balaban J connectivity index is 2.83. The maximum absolute atomic E-state index is 12.7. The van der Waals surface area contributed by atoms with Gasteiger partial charge in [-0.15, -0.1) is 0 Å². The van der Waals surface area contributed by atoms with Gasteiger partial charge in [-0.2, -0.15) is 5.26 Å². The average molecular weight is 264 g/mol. The van der Waals surface area contributed by atoms with E-state index in [2.05, 4.69) is 19.9 Å². The van der Waals surface area contributed by atoms with Gasteiger partial charge < -0.3 is 4.90 Å². The summed E-state index contributed by atoms with van der Waals surface area (Å²) < 4.78 is 0. The highest BCUT2D eigenvalue weighted by Gasteiger charge is 2.38. The standard InChI is InChI=1S/C16H28N2O/c1-5-16(4,12-17)15(19)18(11-10-13(2)3)14-8-6-7-9-14/h13-14H,5-11H2,1-4H3. The van der Waals surface area contributed by atoms with Crippen LogP contribution < -0.4 is 0 Å². The Bertz CT molecular complexity index is 339. The van der Waals surface area contributed by atoms with E-state index in [4.69, 9.17) is 0 Å². The first-order chi connectivity index (χ1) is 8.94. The molecular formula is C16H28N2O. The molecule has 0 N–H and O–H groups in total. The number of amides is 1. The summed E-state index contributed by atoms with van der Waals surface area (Å²) in [5.74, 6) is 0.636. The van der Waals surface area contributed by atoms with Crippen LogP contribution in [-0.4, -0.2) is 23.4 Å². The van der Waals surface area contributed by atoms with Crippen LogP contribution in [0.3, 0.4) is 0 Å². The van der Waals surface area contributed by atoms with E-state index >= 15 is 0 Å². The van der Waals surface area contributed by atoms with E-state index in [1.807, 2.05) is 11.8 Å². The van der Waals surface area contributed by atoms with E-state index in [1.165, 1.54) is 12.8 Å². The zero-order valence-corrected chi connectivity index (χ0v) is 12.9. The van der Waals surface area contributed by atoms with Crippen molar-refractivity contribution >= 4 is 5.91 Å². The molecule has 1 atom stereocenters. The molecule has 0 aromatic carbocycles. The Morgan fingerprint density at radius 2 is 2.00 bits per heavy atom. The molecule has 1 amide bonds. The van der Waals surface area contributed by atoms with Gasteiger partial charge in [-0.1, -0.05) is 33.6 Å². The van der Waals surface area contributed by atoms with Crippen molar-refractivity contribution < 1.29 is 4.79 Å². The third-order valence-corrected chi connectivity index (χ3v) is 4.40. The number of carbonyl (C=O) groups is 1. The average Bonchev–Trinajstić information content (AvgIpc) is 2.91. The summed E-state index contributed by atoms with van der Waals surface area (Å²) in [6.07, 6.45) is 6.25. The molecule has 1 rings (SSSR count). The second-order valence-electron chi connectivity index (χ2n) is 6.42. The predicted molar refractivity (Wildman–Crippen MR) is 77.4 cm³/mol. The third kappa shape index (κ3) is 3.96. The van der Waals surface area contributed by atoms with E-state index in [-0.39, 0.29) is 5.91 Å². The lowest BCUT2D eigenvalue weighted by atomic mass is 9.87. The maximum atomic E-state index is 12.7. The maximum Gasteiger partial charge on any atom is 0.242 e. The van der Waals surface area contributed by atoms with Crippen LogP contribution in [0.4, 0.5) is 0 Å². The summed E-state index contributed by atoms with van der Waals surface area (Å²) >= 11 is 0. The molecule has 1 fully saturated rings. The molecule has 1 aliphatic carbocycles. The second kappa shape index (κ2) is 6.93. The Morgan fingerprint density at radius 3 is 2.42 bits per heavy atom. The van der Waals surface area contributed by atoms with Crippen LogP contribution in [-0.2, 0) is 4.79 Å². The van der Waals surface area contributed by atoms with Gasteiger partial charge in [0, 0.05) is 12.6 Å². The summed E-state index contributed by atoms with van der Waals surface area (Å²) in [6.45, 7) is 8.88. The van der Waals surface area contributed by atoms with E-state index in [1.54, 1.807) is 6.92 Å². The van der Waals surface area contributed by atoms with Gasteiger partial charge in [0.25, 0.3) is 0 Å². The molecule has 19 heavy (non-hydrogen) atoms. The summed E-state index contributed by atoms with van der Waals surface area (Å²) in [4.78, 5) is 14.7. The topological polar surface area (TPSA) is 44.1 Å². The van der Waals surface area contributed by atoms with E-state index < -0.39 is 5.41 Å². The van der Waals surface area contributed by atoms with Crippen molar-refractivity contribution in [1.29, 1.82) is 5.26 Å². The van der Waals surface area contributed by atoms with Gasteiger partial charge in [-0.05, 0) is 38.5 Å². The predicted octanol–water partition coefficient (Wildman–Crippen LogP) is 3.74. The van der Waals surface area contributed by atoms with Gasteiger partial charge in [0.1, 0.15) is 5.41 Å². The zero-order valence-electron chi connectivity index (χ0n) is 12.9. The molecular weight excluding hydrogens is 236 g/mol. The van der Waals surface area contributed by atoms with Gasteiger partial charge in [0.2, 0.25) is 5.91 Å². The molecule has 0 spiro atoms. The molecule has 0 aliphatic heterocycles. The van der Waals surface area contributed by atoms with Crippen LogP contribution in [0.2, 0.25) is 0 Å². The molecule has 3 heteroatoms. The van der Waals surface area contributed by atoms with Crippen molar-refractivity contribution in [1.82, 2.24) is 4.90 Å². The Kier molecular flexibility index (Phi) is 5.85. The lowest BCUT2D eigenvalue weighted by Gasteiger charge is -2.34. The fraction of sp³-hybridized carbons (Fsp3) is 0.875. The summed E-state index contributed by atoms with van der Waals surface area (Å²) in [6, 6.07) is 2.59. The number of hydrogen-bond donors (Lipinski definition) is 0. The molecule has 0 radical (unpaired) electrons. The molecule has 0 aromatic heterocycles. The van der Waals surface area contributed by atoms with Crippen molar-refractivity contribution in [2.24, 2.45) is 11.3 Å². The van der Waals surface area contributed by atoms with Crippen LogP contribution in [0.15, 0.2) is 0 Å². The minimum absolute atomic E-state index is 0.0463. The molecule has 1 unspecified atom stereocenters. The number of nitrogens with zero attached hydrogens (tertiary/aromatic N) is 2. The van der Waals surface area contributed by atoms with Crippen molar-refractivity contribution in [3.8, 4) is 6.07 Å². The fourth-order valence-corrected chi connectivity index (χ4v) is 2.66. The Morgan fingerprint density at radius 1 is 1.42 bits per heavy atom. The van der Waals surface area contributed by atoms with Crippen molar-refractivity contribution in [3.05, 3.63) is 0 Å². The van der Waals surface area contributed by atoms with E-state index in [0.717, 1.165) is 25.8 Å². The van der Waals surface area contributed by atoms with Crippen LogP contribution in [0, 0.1) is 22.7 Å². The van der Waals surface area contributed by atoms with Crippen molar-refractivity contribution in [3.63, 3.8) is 0 Å². The Labute approximate surface area is 118 Å². The monoisotopic (exact) mass is 264 g/mol. The molecule has 1 aliphatic rings. The van der Waals surface area contributed by atoms with Gasteiger partial charge >= 0.3 is 0 Å². The minimum atomic E-state index is -0.848. The van der Waals surface area contributed by atoms with Gasteiger partial charge in [0.15, 0.2) is 0 Å². The van der Waals surface area contributed by atoms with Crippen LogP contribution >= 0.6 is 0 Å². The fourth-order valence-electron chi connectivity index (χ4n) is 2.66. The normalized spacial score (nSPS) is 19.2. The lowest BCUT2D eigenvalue weighted by molar-refractivity contribution is -0.141. The SMILES string of the molecule is CCC(C)(C#N)C(=O)N(CCC(C)C)C1CCCC1. The molecule has 0 aromatic rings. The zero-order chi connectivity index (χ0) is 14.5. The number of nitriles is 1. The smallest absolute Gasteiger partial charge is 0.242 e. The van der Waals surface area contributed by atoms with Gasteiger partial charge in [-0.3, -0.25) is 4.79 Å². The number of hydrogen-bond acceptors (Lipinski definition) is 2. The molecule has 0 bridgehead atoms. The van der Waals surface area contributed by atoms with E-state index in [9.17, 15) is 10.1 Å². The molecule has 0 heterocycles. The third-order valence-electron chi connectivity index (χ3n) is 4.40. The Hall–Kier alpha value is -1.04. The van der Waals surface area contributed by atoms with Crippen LogP contribution in [0.25, 0.3) is 0 Å². The molecule has 3 nitrogen and oxygen atoms in total. The first kappa shape index (κ1) is 16.0. The first-order valence-corrected chi connectivity index (χ1v) is 7.67. The van der Waals surface area contributed by atoms with E-state index in [0.29, 0.717) is 18.4 Å². The summed E-state index contributed by atoms with van der Waals surface area (Å²) in [5.41, 5.74) is -0.848. The van der Waals surface area contributed by atoms with Crippen molar-refractivity contribution in [2.75, 3.05) is 6.54 Å². The van der Waals surface area contributed by atoms with Crippen LogP contribution in [0.1, 0.15) is 66.2 Å². The molecule has 0 saturated heterocycles. The highest BCUT2D eigenvalue weighted by molar-refractivity contribution is 5.85. The highest BCUT2D eigenvalue weighted by Crippen LogP contribution is 2.30. The minimum Gasteiger partial charge on any atom is -0.338 e. The number of carbonyl (C=O) groups excluding carboxylic acids is 1. The highest BCUT2D eigenvalue weighted by atomic mass is 16.2. The molecule has 108 valence electrons. The van der Waals surface area contributed by atoms with Crippen LogP contribution in [0.5, 0.6) is 0 Å². The second-order valence-corrected chi connectivity index (χ2v) is 6.42. The first-order valence-electron chi connectivity index (χ1n) is 7.67. The summed E-state index contributed by atoms with van der Waals surface area (Å²) in [5, 5.41) is 9.33. The van der Waals surface area contributed by atoms with Gasteiger partial charge in [-0.25, -0.2) is 0 Å². The largest absolute Gasteiger partial charge is 0.338 e. The quantitative estimate of drug-likeness (QED) is 0.733. The lowest BCUT2D eigenvalue weighted by Crippen LogP contribution is -2.47. The van der Waals surface area contributed by atoms with Gasteiger partial charge in [0.05, 0.1) is 6.07 Å². The number of rotatable bonds is 6. The molecule has 1 saturated carbocycles. The van der Waals surface area contributed by atoms with Crippen molar-refractivity contribution in [2.45, 2.75) is 72.3 Å². The summed E-state index contributed by atoms with van der Waals surface area (Å²) in [7, 11) is 0.